The third kappa shape index (κ3) is 5.23. The van der Waals surface area contributed by atoms with Crippen molar-refractivity contribution >= 4 is 11.8 Å². The summed E-state index contributed by atoms with van der Waals surface area (Å²) in [5, 5.41) is 2.69. The topological polar surface area (TPSA) is 56.8 Å². The number of halogens is 3. The second-order valence-corrected chi connectivity index (χ2v) is 8.32. The van der Waals surface area contributed by atoms with Crippen LogP contribution in [-0.4, -0.2) is 30.6 Å². The molecule has 0 saturated heterocycles. The van der Waals surface area contributed by atoms with Crippen LogP contribution in [0.1, 0.15) is 52.0 Å². The van der Waals surface area contributed by atoms with Crippen molar-refractivity contribution in [1.29, 1.82) is 0 Å². The first kappa shape index (κ1) is 20.6. The smallest absolute Gasteiger partial charge is 0.412 e. The Morgan fingerprint density at radius 3 is 2.43 bits per heavy atom. The summed E-state index contributed by atoms with van der Waals surface area (Å²) in [6, 6.07) is 3.47. The summed E-state index contributed by atoms with van der Waals surface area (Å²) >= 11 is 0. The Bertz CT molecular complexity index is 719. The van der Waals surface area contributed by atoms with Crippen LogP contribution in [0.15, 0.2) is 12.1 Å². The predicted molar refractivity (Wildman–Crippen MR) is 97.9 cm³/mol. The number of rotatable bonds is 3. The zero-order chi connectivity index (χ0) is 20.5. The average molecular weight is 401 g/mol. The van der Waals surface area contributed by atoms with Gasteiger partial charge in [-0.2, -0.15) is 13.2 Å². The lowest BCUT2D eigenvalue weighted by atomic mass is 9.87. The summed E-state index contributed by atoms with van der Waals surface area (Å²) in [7, 11) is 0. The van der Waals surface area contributed by atoms with Crippen LogP contribution in [0.25, 0.3) is 0 Å². The molecule has 0 unspecified atom stereocenters. The van der Waals surface area contributed by atoms with Gasteiger partial charge in [0.05, 0.1) is 24.3 Å². The van der Waals surface area contributed by atoms with E-state index in [1.54, 1.807) is 26.8 Å². The van der Waals surface area contributed by atoms with Crippen molar-refractivity contribution < 1.29 is 32.2 Å². The van der Waals surface area contributed by atoms with Gasteiger partial charge in [-0.25, -0.2) is 4.79 Å². The van der Waals surface area contributed by atoms with Crippen molar-refractivity contribution in [1.82, 2.24) is 0 Å². The first-order chi connectivity index (χ1) is 13.0. The fraction of sp³-hybridized carbons (Fsp3) is 0.650. The molecule has 0 atom stereocenters. The van der Waals surface area contributed by atoms with Gasteiger partial charge in [0, 0.05) is 18.1 Å². The minimum absolute atomic E-state index is 0.0746. The molecule has 1 aromatic rings. The monoisotopic (exact) mass is 401 g/mol. The van der Waals surface area contributed by atoms with E-state index in [-0.39, 0.29) is 18.9 Å². The molecule has 0 bridgehead atoms. The highest BCUT2D eigenvalue weighted by Gasteiger charge is 2.41. The van der Waals surface area contributed by atoms with Crippen LogP contribution in [0.5, 0.6) is 11.5 Å². The molecule has 5 nitrogen and oxygen atoms in total. The Morgan fingerprint density at radius 2 is 1.82 bits per heavy atom. The number of alkyl halides is 3. The summed E-state index contributed by atoms with van der Waals surface area (Å²) in [4.78, 5) is 12.1. The maximum absolute atomic E-state index is 12.8. The second kappa shape index (κ2) is 7.72. The highest BCUT2D eigenvalue weighted by Crippen LogP contribution is 2.41. The van der Waals surface area contributed by atoms with Gasteiger partial charge in [-0.1, -0.05) is 0 Å². The van der Waals surface area contributed by atoms with E-state index in [1.807, 2.05) is 6.07 Å². The molecule has 1 fully saturated rings. The number of hydrogen-bond acceptors (Lipinski definition) is 4. The molecule has 1 aromatic carbocycles. The van der Waals surface area contributed by atoms with Crippen molar-refractivity contribution in [3.8, 4) is 11.5 Å². The number of benzene rings is 1. The van der Waals surface area contributed by atoms with Crippen molar-refractivity contribution in [2.24, 2.45) is 5.92 Å². The molecule has 0 aromatic heterocycles. The molecule has 3 rings (SSSR count). The van der Waals surface area contributed by atoms with Gasteiger partial charge in [0.1, 0.15) is 17.1 Å². The van der Waals surface area contributed by atoms with Gasteiger partial charge in [0.15, 0.2) is 0 Å². The lowest BCUT2D eigenvalue weighted by molar-refractivity contribution is -0.185. The summed E-state index contributed by atoms with van der Waals surface area (Å²) in [6.07, 6.45) is -3.48. The van der Waals surface area contributed by atoms with Crippen LogP contribution in [0, 0.1) is 5.92 Å². The summed E-state index contributed by atoms with van der Waals surface area (Å²) in [6.45, 7) is 5.80. The molecule has 1 heterocycles. The standard InChI is InChI=1S/C20H26F3NO4/c1-19(2,3)28-18(25)24-16-11-15(10-12-8-9-26-17(12)16)27-14-6-4-13(5-7-14)20(21,22)23/h10-11,13-14H,4-9H2,1-3H3,(H,24,25). The van der Waals surface area contributed by atoms with Crippen molar-refractivity contribution in [2.45, 2.75) is 70.8 Å². The lowest BCUT2D eigenvalue weighted by Gasteiger charge is -2.30. The van der Waals surface area contributed by atoms with Crippen LogP contribution in [0.2, 0.25) is 0 Å². The van der Waals surface area contributed by atoms with E-state index in [0.717, 1.165) is 5.56 Å². The minimum Gasteiger partial charge on any atom is -0.491 e. The Morgan fingerprint density at radius 1 is 1.14 bits per heavy atom. The molecule has 0 radical (unpaired) electrons. The quantitative estimate of drug-likeness (QED) is 0.730. The van der Waals surface area contributed by atoms with E-state index >= 15 is 0 Å². The molecule has 1 N–H and O–H groups in total. The van der Waals surface area contributed by atoms with Gasteiger partial charge in [-0.3, -0.25) is 5.32 Å². The molecule has 0 spiro atoms. The van der Waals surface area contributed by atoms with E-state index in [4.69, 9.17) is 14.2 Å². The van der Waals surface area contributed by atoms with Crippen LogP contribution in [-0.2, 0) is 11.2 Å². The highest BCUT2D eigenvalue weighted by molar-refractivity contribution is 5.88. The first-order valence-electron chi connectivity index (χ1n) is 9.54. The Labute approximate surface area is 162 Å². The number of hydrogen-bond donors (Lipinski definition) is 1. The maximum Gasteiger partial charge on any atom is 0.412 e. The van der Waals surface area contributed by atoms with Gasteiger partial charge in [-0.05, 0) is 52.5 Å². The number of nitrogens with one attached hydrogen (secondary N) is 1. The maximum atomic E-state index is 12.8. The van der Waals surface area contributed by atoms with Crippen molar-refractivity contribution in [2.75, 3.05) is 11.9 Å². The minimum atomic E-state index is -4.14. The average Bonchev–Trinajstić information content (AvgIpc) is 3.01. The number of ether oxygens (including phenoxy) is 3. The van der Waals surface area contributed by atoms with E-state index < -0.39 is 23.8 Å². The van der Waals surface area contributed by atoms with E-state index in [1.165, 1.54) is 0 Å². The van der Waals surface area contributed by atoms with Crippen LogP contribution in [0.3, 0.4) is 0 Å². The predicted octanol–water partition coefficient (Wildman–Crippen LogP) is 5.47. The SMILES string of the molecule is CC(C)(C)OC(=O)Nc1cc(OC2CCC(C(F)(F)F)CC2)cc2c1OCC2. The van der Waals surface area contributed by atoms with Crippen LogP contribution in [0.4, 0.5) is 23.7 Å². The third-order valence-corrected chi connectivity index (χ3v) is 4.83. The second-order valence-electron chi connectivity index (χ2n) is 8.32. The largest absolute Gasteiger partial charge is 0.491 e. The fourth-order valence-electron chi connectivity index (χ4n) is 3.55. The van der Waals surface area contributed by atoms with Gasteiger partial charge >= 0.3 is 12.3 Å². The van der Waals surface area contributed by atoms with E-state index in [2.05, 4.69) is 5.32 Å². The molecular formula is C20H26F3NO4. The number of anilines is 1. The molecule has 1 aliphatic heterocycles. The lowest BCUT2D eigenvalue weighted by Crippen LogP contribution is -2.31. The Kier molecular flexibility index (Phi) is 5.68. The van der Waals surface area contributed by atoms with Crippen LogP contribution < -0.4 is 14.8 Å². The third-order valence-electron chi connectivity index (χ3n) is 4.83. The van der Waals surface area contributed by atoms with E-state index in [9.17, 15) is 18.0 Å². The van der Waals surface area contributed by atoms with Gasteiger partial charge in [0.2, 0.25) is 0 Å². The van der Waals surface area contributed by atoms with Crippen LogP contribution >= 0.6 is 0 Å². The zero-order valence-corrected chi connectivity index (χ0v) is 16.3. The summed E-state index contributed by atoms with van der Waals surface area (Å²) in [5.41, 5.74) is 0.704. The molecule has 1 saturated carbocycles. The van der Waals surface area contributed by atoms with Gasteiger partial charge in [-0.15, -0.1) is 0 Å². The van der Waals surface area contributed by atoms with Gasteiger partial charge < -0.3 is 14.2 Å². The van der Waals surface area contributed by atoms with Crippen molar-refractivity contribution in [3.05, 3.63) is 17.7 Å². The van der Waals surface area contributed by atoms with Gasteiger partial charge in [0.25, 0.3) is 0 Å². The Hall–Kier alpha value is -2.12. The number of carbonyl (C=O) groups is 1. The molecule has 28 heavy (non-hydrogen) atoms. The highest BCUT2D eigenvalue weighted by atomic mass is 19.4. The van der Waals surface area contributed by atoms with E-state index in [0.29, 0.717) is 43.1 Å². The number of fused-ring (bicyclic) bond motifs is 1. The molecule has 1 aliphatic carbocycles. The zero-order valence-electron chi connectivity index (χ0n) is 16.3. The summed E-state index contributed by atoms with van der Waals surface area (Å²) in [5.74, 6) is -0.144. The summed E-state index contributed by atoms with van der Waals surface area (Å²) < 4.78 is 55.3. The molecular weight excluding hydrogens is 375 g/mol. The fourth-order valence-corrected chi connectivity index (χ4v) is 3.55. The van der Waals surface area contributed by atoms with Crippen molar-refractivity contribution in [3.63, 3.8) is 0 Å². The molecule has 156 valence electrons. The molecule has 2 aliphatic rings. The number of carbonyl (C=O) groups excluding carboxylic acids is 1. The molecule has 8 heteroatoms. The molecule has 1 amide bonds. The first-order valence-corrected chi connectivity index (χ1v) is 9.54. The number of amides is 1. The Balaban J connectivity index is 1.69. The normalized spacial score (nSPS) is 22.2.